The van der Waals surface area contributed by atoms with E-state index in [2.05, 4.69) is 10.0 Å². The number of carbonyl (C=O) groups is 1. The molecule has 8 heteroatoms. The SMILES string of the molecule is COCCNC(=O)c1ccccc1NS(=O)(=O)c1c(C)cc(OC)cc1C. The maximum absolute atomic E-state index is 13.0. The third-order valence-electron chi connectivity index (χ3n) is 3.95. The number of hydrogen-bond acceptors (Lipinski definition) is 5. The highest BCUT2D eigenvalue weighted by Gasteiger charge is 2.23. The Hall–Kier alpha value is -2.58. The first-order valence-corrected chi connectivity index (χ1v) is 9.82. The van der Waals surface area contributed by atoms with Gasteiger partial charge in [-0.05, 0) is 49.2 Å². The zero-order chi connectivity index (χ0) is 20.0. The van der Waals surface area contributed by atoms with Crippen LogP contribution in [0.1, 0.15) is 21.5 Å². The Morgan fingerprint density at radius 2 is 1.70 bits per heavy atom. The summed E-state index contributed by atoms with van der Waals surface area (Å²) in [5, 5.41) is 2.69. The normalized spacial score (nSPS) is 11.1. The van der Waals surface area contributed by atoms with Crippen LogP contribution < -0.4 is 14.8 Å². The first-order chi connectivity index (χ1) is 12.8. The van der Waals surface area contributed by atoms with Crippen LogP contribution >= 0.6 is 0 Å². The van der Waals surface area contributed by atoms with Crippen molar-refractivity contribution in [2.24, 2.45) is 0 Å². The molecule has 27 heavy (non-hydrogen) atoms. The standard InChI is InChI=1S/C19H24N2O5S/c1-13-11-15(26-4)12-14(2)18(13)27(23,24)21-17-8-6-5-7-16(17)19(22)20-9-10-25-3/h5-8,11-12,21H,9-10H2,1-4H3,(H,20,22). The van der Waals surface area contributed by atoms with E-state index in [1.807, 2.05) is 0 Å². The van der Waals surface area contributed by atoms with Crippen LogP contribution in [0.25, 0.3) is 0 Å². The van der Waals surface area contributed by atoms with Crippen molar-refractivity contribution in [3.05, 3.63) is 53.1 Å². The number of nitrogens with one attached hydrogen (secondary N) is 2. The van der Waals surface area contributed by atoms with Crippen LogP contribution in [-0.4, -0.2) is 41.7 Å². The lowest BCUT2D eigenvalue weighted by molar-refractivity contribution is 0.0938. The lowest BCUT2D eigenvalue weighted by Gasteiger charge is -2.16. The topological polar surface area (TPSA) is 93.7 Å². The van der Waals surface area contributed by atoms with Crippen molar-refractivity contribution in [1.29, 1.82) is 0 Å². The van der Waals surface area contributed by atoms with Crippen molar-refractivity contribution in [3.63, 3.8) is 0 Å². The van der Waals surface area contributed by atoms with Crippen LogP contribution in [-0.2, 0) is 14.8 Å². The highest BCUT2D eigenvalue weighted by atomic mass is 32.2. The number of methoxy groups -OCH3 is 2. The Bertz CT molecular complexity index is 902. The molecule has 0 radical (unpaired) electrons. The number of carbonyl (C=O) groups excluding carboxylic acids is 1. The van der Waals surface area contributed by atoms with Crippen molar-refractivity contribution in [2.45, 2.75) is 18.7 Å². The predicted octanol–water partition coefficient (Wildman–Crippen LogP) is 2.49. The second kappa shape index (κ2) is 8.88. The van der Waals surface area contributed by atoms with Crippen LogP contribution in [0.15, 0.2) is 41.3 Å². The number of anilines is 1. The van der Waals surface area contributed by atoms with E-state index in [-0.39, 0.29) is 22.1 Å². The first-order valence-electron chi connectivity index (χ1n) is 8.34. The van der Waals surface area contributed by atoms with Crippen molar-refractivity contribution in [3.8, 4) is 5.75 Å². The molecular weight excluding hydrogens is 368 g/mol. The quantitative estimate of drug-likeness (QED) is 0.673. The van der Waals surface area contributed by atoms with Crippen molar-refractivity contribution in [1.82, 2.24) is 5.32 Å². The van der Waals surface area contributed by atoms with Crippen molar-refractivity contribution < 1.29 is 22.7 Å². The molecule has 0 aliphatic heterocycles. The minimum atomic E-state index is -3.89. The van der Waals surface area contributed by atoms with E-state index in [1.165, 1.54) is 14.2 Å². The lowest BCUT2D eigenvalue weighted by atomic mass is 10.1. The summed E-state index contributed by atoms with van der Waals surface area (Å²) in [6.07, 6.45) is 0. The minimum absolute atomic E-state index is 0.165. The fraction of sp³-hybridized carbons (Fsp3) is 0.316. The fourth-order valence-electron chi connectivity index (χ4n) is 2.78. The van der Waals surface area contributed by atoms with E-state index >= 15 is 0 Å². The lowest BCUT2D eigenvalue weighted by Crippen LogP contribution is -2.28. The number of benzene rings is 2. The van der Waals surface area contributed by atoms with Crippen LogP contribution in [0.3, 0.4) is 0 Å². The second-order valence-electron chi connectivity index (χ2n) is 5.99. The molecule has 0 fully saturated rings. The number of rotatable bonds is 8. The summed E-state index contributed by atoms with van der Waals surface area (Å²) in [6, 6.07) is 9.77. The minimum Gasteiger partial charge on any atom is -0.497 e. The Morgan fingerprint density at radius 1 is 1.07 bits per heavy atom. The molecule has 0 atom stereocenters. The molecule has 2 N–H and O–H groups in total. The number of ether oxygens (including phenoxy) is 2. The molecule has 0 spiro atoms. The van der Waals surface area contributed by atoms with Gasteiger partial charge < -0.3 is 14.8 Å². The number of hydrogen-bond donors (Lipinski definition) is 2. The molecule has 1 amide bonds. The van der Waals surface area contributed by atoms with Crippen molar-refractivity contribution in [2.75, 3.05) is 32.1 Å². The molecule has 0 saturated heterocycles. The zero-order valence-electron chi connectivity index (χ0n) is 15.8. The van der Waals surface area contributed by atoms with Gasteiger partial charge in [-0.3, -0.25) is 9.52 Å². The van der Waals surface area contributed by atoms with Gasteiger partial charge >= 0.3 is 0 Å². The van der Waals surface area contributed by atoms with Gasteiger partial charge in [0.15, 0.2) is 0 Å². The molecule has 0 aliphatic rings. The summed E-state index contributed by atoms with van der Waals surface area (Å²) < 4.78 is 38.6. The molecule has 0 bridgehead atoms. The molecule has 0 aliphatic carbocycles. The molecule has 2 rings (SSSR count). The van der Waals surface area contributed by atoms with Crippen LogP contribution in [0.2, 0.25) is 0 Å². The van der Waals surface area contributed by atoms with Crippen molar-refractivity contribution >= 4 is 21.6 Å². The maximum atomic E-state index is 13.0. The monoisotopic (exact) mass is 392 g/mol. The molecule has 2 aromatic carbocycles. The molecular formula is C19H24N2O5S. The third kappa shape index (κ3) is 4.99. The summed E-state index contributed by atoms with van der Waals surface area (Å²) in [4.78, 5) is 12.5. The highest BCUT2D eigenvalue weighted by molar-refractivity contribution is 7.92. The average molecular weight is 392 g/mol. The molecule has 7 nitrogen and oxygen atoms in total. The average Bonchev–Trinajstić information content (AvgIpc) is 2.61. The van der Waals surface area contributed by atoms with E-state index in [4.69, 9.17) is 9.47 Å². The van der Waals surface area contributed by atoms with Crippen LogP contribution in [0.4, 0.5) is 5.69 Å². The Balaban J connectivity index is 2.36. The summed E-state index contributed by atoms with van der Waals surface area (Å²) in [5.74, 6) is 0.204. The van der Waals surface area contributed by atoms with Gasteiger partial charge in [0.1, 0.15) is 5.75 Å². The third-order valence-corrected chi connectivity index (χ3v) is 5.62. The van der Waals surface area contributed by atoms with Gasteiger partial charge in [0.05, 0.1) is 29.9 Å². The van der Waals surface area contributed by atoms with Crippen LogP contribution in [0, 0.1) is 13.8 Å². The number of amides is 1. The van der Waals surface area contributed by atoms with E-state index in [0.717, 1.165) is 0 Å². The number of sulfonamides is 1. The molecule has 146 valence electrons. The summed E-state index contributed by atoms with van der Waals surface area (Å²) in [5.41, 5.74) is 1.56. The van der Waals surface area contributed by atoms with Gasteiger partial charge in [-0.2, -0.15) is 0 Å². The van der Waals surface area contributed by atoms with Gasteiger partial charge in [-0.25, -0.2) is 8.42 Å². The summed E-state index contributed by atoms with van der Waals surface area (Å²) >= 11 is 0. The highest BCUT2D eigenvalue weighted by Crippen LogP contribution is 2.28. The van der Waals surface area contributed by atoms with Gasteiger partial charge in [-0.15, -0.1) is 0 Å². The molecule has 0 aromatic heterocycles. The number of aryl methyl sites for hydroxylation is 2. The first kappa shape index (κ1) is 20.7. The molecule has 0 heterocycles. The smallest absolute Gasteiger partial charge is 0.262 e. The number of para-hydroxylation sites is 1. The maximum Gasteiger partial charge on any atom is 0.262 e. The predicted molar refractivity (Wildman–Crippen MR) is 104 cm³/mol. The summed E-state index contributed by atoms with van der Waals surface area (Å²) in [6.45, 7) is 4.10. The molecule has 0 unspecified atom stereocenters. The second-order valence-corrected chi connectivity index (χ2v) is 7.61. The van der Waals surface area contributed by atoms with E-state index in [1.54, 1.807) is 50.2 Å². The zero-order valence-corrected chi connectivity index (χ0v) is 16.6. The Labute approximate surface area is 159 Å². The van der Waals surface area contributed by atoms with Gasteiger partial charge in [0.25, 0.3) is 15.9 Å². The van der Waals surface area contributed by atoms with Gasteiger partial charge in [0, 0.05) is 13.7 Å². The Kier molecular flexibility index (Phi) is 6.81. The Morgan fingerprint density at radius 3 is 2.30 bits per heavy atom. The van der Waals surface area contributed by atoms with Gasteiger partial charge in [-0.1, -0.05) is 12.1 Å². The van der Waals surface area contributed by atoms with Crippen LogP contribution in [0.5, 0.6) is 5.75 Å². The summed E-state index contributed by atoms with van der Waals surface area (Å²) in [7, 11) is -0.829. The van der Waals surface area contributed by atoms with Gasteiger partial charge in [0.2, 0.25) is 0 Å². The molecule has 2 aromatic rings. The largest absolute Gasteiger partial charge is 0.497 e. The van der Waals surface area contributed by atoms with E-state index < -0.39 is 10.0 Å². The molecule has 0 saturated carbocycles. The van der Waals surface area contributed by atoms with E-state index in [9.17, 15) is 13.2 Å². The fourth-order valence-corrected chi connectivity index (χ4v) is 4.32. The van der Waals surface area contributed by atoms with E-state index in [0.29, 0.717) is 30.0 Å².